The third-order valence-corrected chi connectivity index (χ3v) is 6.83. The van der Waals surface area contributed by atoms with Crippen LogP contribution in [0.4, 0.5) is 0 Å². The number of hydrogen-bond donors (Lipinski definition) is 8. The number of hydrogen-bond acceptors (Lipinski definition) is 14. The molecule has 230 valence electrons. The van der Waals surface area contributed by atoms with E-state index in [0.717, 1.165) is 0 Å². The topological polar surface area (TPSA) is 220 Å². The summed E-state index contributed by atoms with van der Waals surface area (Å²) in [4.78, 5) is 15.5. The van der Waals surface area contributed by atoms with Gasteiger partial charge in [-0.15, -0.1) is 11.8 Å². The minimum Gasteiger partial charge on any atom is -0.507 e. The molecule has 1 aliphatic rings. The lowest BCUT2D eigenvalue weighted by atomic mass is 10.0. The van der Waals surface area contributed by atoms with Gasteiger partial charge < -0.3 is 60.0 Å². The van der Waals surface area contributed by atoms with Crippen molar-refractivity contribution in [1.82, 2.24) is 5.32 Å². The fraction of sp³-hybridized carbons (Fsp3) is 0.680. The molecule has 1 heterocycles. The van der Waals surface area contributed by atoms with E-state index < -0.39 is 42.5 Å². The highest BCUT2D eigenvalue weighted by Gasteiger charge is 2.39. The minimum absolute atomic E-state index is 0.000787. The Morgan fingerprint density at radius 1 is 1.05 bits per heavy atom. The number of aliphatic carboxylic acids is 1. The average Bonchev–Trinajstić information content (AvgIpc) is 3.34. The number of nitrogens with one attached hydrogen (secondary N) is 1. The molecule has 40 heavy (non-hydrogen) atoms. The van der Waals surface area contributed by atoms with Crippen molar-refractivity contribution in [3.8, 4) is 11.5 Å². The number of aromatic hydroxyl groups is 1. The maximum atomic E-state index is 11.3. The van der Waals surface area contributed by atoms with Gasteiger partial charge in [0.2, 0.25) is 0 Å². The highest BCUT2D eigenvalue weighted by atomic mass is 32.2. The van der Waals surface area contributed by atoms with Gasteiger partial charge in [0.05, 0.1) is 45.7 Å². The number of carboxylic acid groups (broad SMARTS) is 1. The summed E-state index contributed by atoms with van der Waals surface area (Å²) in [5.74, 6) is -0.141. The Kier molecular flexibility index (Phi) is 17.2. The van der Waals surface area contributed by atoms with Crippen molar-refractivity contribution in [3.05, 3.63) is 23.8 Å². The molecule has 8 N–H and O–H groups in total. The zero-order chi connectivity index (χ0) is 30.1. The monoisotopic (exact) mass is 594 g/mol. The van der Waals surface area contributed by atoms with Gasteiger partial charge in [-0.2, -0.15) is 0 Å². The molecule has 0 bridgehead atoms. The van der Waals surface area contributed by atoms with E-state index in [2.05, 4.69) is 10.3 Å². The summed E-state index contributed by atoms with van der Waals surface area (Å²) < 4.78 is 21.1. The minimum atomic E-state index is -1.55. The molecule has 0 spiro atoms. The zero-order valence-corrected chi connectivity index (χ0v) is 23.7. The van der Waals surface area contributed by atoms with Crippen molar-refractivity contribution >= 4 is 22.8 Å². The second-order valence-corrected chi connectivity index (χ2v) is 9.85. The number of aliphatic imine (C=N–C) groups is 1. The van der Waals surface area contributed by atoms with Gasteiger partial charge in [-0.05, 0) is 26.1 Å². The van der Waals surface area contributed by atoms with Crippen LogP contribution in [0.1, 0.15) is 12.5 Å². The van der Waals surface area contributed by atoms with Crippen LogP contribution >= 0.6 is 11.8 Å². The Morgan fingerprint density at radius 2 is 1.65 bits per heavy atom. The van der Waals surface area contributed by atoms with Crippen molar-refractivity contribution in [1.29, 1.82) is 0 Å². The molecule has 14 nitrogen and oxygen atoms in total. The summed E-state index contributed by atoms with van der Waals surface area (Å²) in [7, 11) is 3.19. The van der Waals surface area contributed by atoms with Crippen molar-refractivity contribution in [2.45, 2.75) is 36.9 Å². The molecule has 5 atom stereocenters. The van der Waals surface area contributed by atoms with E-state index in [0.29, 0.717) is 61.8 Å². The number of carboxylic acids is 1. The molecule has 1 aliphatic heterocycles. The van der Waals surface area contributed by atoms with Crippen LogP contribution in [-0.2, 0) is 19.0 Å². The largest absolute Gasteiger partial charge is 0.507 e. The molecule has 0 aromatic heterocycles. The third-order valence-electron chi connectivity index (χ3n) is 5.54. The van der Waals surface area contributed by atoms with Crippen LogP contribution < -0.4 is 10.1 Å². The standard InChI is InChI=1S/C18H25NO7S.C7H17NO5/c1-18(17(21)22)12-27-16(19-18)14-4-3-13(11-15(14)20)26-10-9-25-8-7-24-6-5-23-2;1-8-2-4(10)6(12)7(13)5(11)3-9/h3-4,11,20H,5-10,12H2,1-2H3,(H,21,22);4-13H,2-3H2,1H3/t;4?,5?,6?,7-/m.0/s1. The average molecular weight is 595 g/mol. The summed E-state index contributed by atoms with van der Waals surface area (Å²) in [6, 6.07) is 4.87. The molecule has 1 aromatic carbocycles. The van der Waals surface area contributed by atoms with Crippen LogP contribution in [0.2, 0.25) is 0 Å². The first kappa shape index (κ1) is 36.0. The number of phenolic OH excluding ortho intramolecular Hbond substituents is 1. The lowest BCUT2D eigenvalue weighted by molar-refractivity contribution is -0.141. The number of carbonyl (C=O) groups is 1. The molecular formula is C25H42N2O12S. The first-order valence-electron chi connectivity index (χ1n) is 12.5. The SMILES string of the molecule is CNCC(O)C(O)[C@@H](O)C(O)CO.COCCOCCOCCOc1ccc(C2=NC(C)(C(=O)O)CS2)c(O)c1. The van der Waals surface area contributed by atoms with Crippen molar-refractivity contribution < 1.29 is 59.5 Å². The van der Waals surface area contributed by atoms with E-state index in [1.165, 1.54) is 17.8 Å². The number of nitrogens with zero attached hydrogens (tertiary/aromatic N) is 1. The molecule has 0 radical (unpaired) electrons. The second-order valence-electron chi connectivity index (χ2n) is 8.89. The number of methoxy groups -OCH3 is 1. The lowest BCUT2D eigenvalue weighted by Crippen LogP contribution is -2.48. The summed E-state index contributed by atoms with van der Waals surface area (Å²) in [5, 5.41) is 67.4. The van der Waals surface area contributed by atoms with Gasteiger partial charge in [-0.25, -0.2) is 4.79 Å². The maximum Gasteiger partial charge on any atom is 0.332 e. The fourth-order valence-corrected chi connectivity index (χ4v) is 4.30. The highest BCUT2D eigenvalue weighted by molar-refractivity contribution is 8.14. The normalized spacial score (nSPS) is 19.6. The summed E-state index contributed by atoms with van der Waals surface area (Å²) in [6.45, 7) is 3.79. The van der Waals surface area contributed by atoms with Crippen LogP contribution in [0, 0.1) is 0 Å². The molecule has 1 aromatic rings. The molecule has 0 aliphatic carbocycles. The van der Waals surface area contributed by atoms with Crippen LogP contribution in [0.3, 0.4) is 0 Å². The maximum absolute atomic E-state index is 11.3. The number of aliphatic hydroxyl groups is 5. The predicted molar refractivity (Wildman–Crippen MR) is 147 cm³/mol. The molecule has 0 amide bonds. The van der Waals surface area contributed by atoms with Gasteiger partial charge in [-0.3, -0.25) is 4.99 Å². The van der Waals surface area contributed by atoms with E-state index >= 15 is 0 Å². The molecule has 2 rings (SSSR count). The molecule has 0 saturated heterocycles. The Morgan fingerprint density at radius 3 is 2.17 bits per heavy atom. The second kappa shape index (κ2) is 19.1. The third kappa shape index (κ3) is 12.2. The zero-order valence-electron chi connectivity index (χ0n) is 22.9. The molecular weight excluding hydrogens is 552 g/mol. The smallest absolute Gasteiger partial charge is 0.332 e. The van der Waals surface area contributed by atoms with Crippen LogP contribution in [-0.4, -0.2) is 149 Å². The Labute approximate surface area is 237 Å². The lowest BCUT2D eigenvalue weighted by Gasteiger charge is -2.25. The number of aliphatic hydroxyl groups excluding tert-OH is 5. The van der Waals surface area contributed by atoms with E-state index in [4.69, 9.17) is 39.4 Å². The number of thioether (sulfide) groups is 1. The van der Waals surface area contributed by atoms with Gasteiger partial charge >= 0.3 is 5.97 Å². The van der Waals surface area contributed by atoms with E-state index in [9.17, 15) is 20.1 Å². The van der Waals surface area contributed by atoms with Crippen molar-refractivity contribution in [2.24, 2.45) is 4.99 Å². The first-order chi connectivity index (χ1) is 19.0. The summed E-state index contributed by atoms with van der Waals surface area (Å²) in [6.07, 6.45) is -5.65. The number of ether oxygens (including phenoxy) is 4. The summed E-state index contributed by atoms with van der Waals surface area (Å²) >= 11 is 1.31. The number of rotatable bonds is 18. The van der Waals surface area contributed by atoms with Crippen molar-refractivity contribution in [2.75, 3.05) is 72.7 Å². The fourth-order valence-electron chi connectivity index (χ4n) is 3.10. The van der Waals surface area contributed by atoms with Gasteiger partial charge in [0.15, 0.2) is 5.54 Å². The van der Waals surface area contributed by atoms with Crippen LogP contribution in [0.15, 0.2) is 23.2 Å². The van der Waals surface area contributed by atoms with Gasteiger partial charge in [-0.1, -0.05) is 0 Å². The Bertz CT molecular complexity index is 909. The molecule has 0 fully saturated rings. The predicted octanol–water partition coefficient (Wildman–Crippen LogP) is -1.57. The van der Waals surface area contributed by atoms with Crippen LogP contribution in [0.25, 0.3) is 0 Å². The van der Waals surface area contributed by atoms with Crippen molar-refractivity contribution in [3.63, 3.8) is 0 Å². The van der Waals surface area contributed by atoms with E-state index in [1.807, 2.05) is 0 Å². The number of benzene rings is 1. The van der Waals surface area contributed by atoms with E-state index in [-0.39, 0.29) is 12.3 Å². The molecule has 4 unspecified atom stereocenters. The first-order valence-corrected chi connectivity index (χ1v) is 13.5. The van der Waals surface area contributed by atoms with Gasteiger partial charge in [0.25, 0.3) is 0 Å². The van der Waals surface area contributed by atoms with Gasteiger partial charge in [0, 0.05) is 31.0 Å². The summed E-state index contributed by atoms with van der Waals surface area (Å²) in [5.41, 5.74) is -0.659. The molecule has 0 saturated carbocycles. The Balaban J connectivity index is 0.000000520. The highest BCUT2D eigenvalue weighted by Crippen LogP contribution is 2.35. The van der Waals surface area contributed by atoms with Crippen LogP contribution in [0.5, 0.6) is 11.5 Å². The number of likely N-dealkylation sites (N-methyl/N-ethyl adjacent to an activating group) is 1. The van der Waals surface area contributed by atoms with Gasteiger partial charge in [0.1, 0.15) is 41.5 Å². The molecule has 15 heteroatoms. The quantitative estimate of drug-likeness (QED) is 0.0900. The van der Waals surface area contributed by atoms with E-state index in [1.54, 1.807) is 33.2 Å². The number of phenols is 1. The Hall–Kier alpha value is -2.05.